The average molecular weight is 430 g/mol. The van der Waals surface area contributed by atoms with Crippen molar-refractivity contribution in [3.63, 3.8) is 0 Å². The van der Waals surface area contributed by atoms with Crippen LogP contribution in [0.25, 0.3) is 11.2 Å². The van der Waals surface area contributed by atoms with Crippen LogP contribution in [0.2, 0.25) is 0 Å². The Morgan fingerprint density at radius 3 is 2.56 bits per heavy atom. The van der Waals surface area contributed by atoms with E-state index in [-0.39, 0.29) is 18.6 Å². The Labute approximate surface area is 184 Å². The van der Waals surface area contributed by atoms with Gasteiger partial charge in [0.05, 0.1) is 12.4 Å². The maximum atomic E-state index is 12.7. The molecule has 0 saturated carbocycles. The molecule has 0 spiro atoms. The van der Waals surface area contributed by atoms with Gasteiger partial charge in [-0.3, -0.25) is 4.79 Å². The first-order valence-electron chi connectivity index (χ1n) is 10.3. The van der Waals surface area contributed by atoms with Crippen LogP contribution >= 0.6 is 0 Å². The largest absolute Gasteiger partial charge is 0.484 e. The standard InChI is InChI=1S/C23H22N6O3/c24-22-21-23(26-14-25-22)29(15-27-21)16-10-11-28(12-16)20(30)13-31-17-6-8-19(9-7-17)32-18-4-2-1-3-5-18/h1-9,14-16H,10-13H2,(H2,24,25,26). The summed E-state index contributed by atoms with van der Waals surface area (Å²) in [6.07, 6.45) is 3.95. The van der Waals surface area contributed by atoms with Gasteiger partial charge >= 0.3 is 0 Å². The van der Waals surface area contributed by atoms with Gasteiger partial charge < -0.3 is 24.7 Å². The van der Waals surface area contributed by atoms with Gasteiger partial charge in [-0.15, -0.1) is 0 Å². The Balaban J connectivity index is 1.16. The Kier molecular flexibility index (Phi) is 5.29. The number of aromatic nitrogens is 4. The Morgan fingerprint density at radius 1 is 1.00 bits per heavy atom. The third kappa shape index (κ3) is 4.04. The molecule has 2 N–H and O–H groups in total. The third-order valence-corrected chi connectivity index (χ3v) is 5.46. The number of nitrogens with zero attached hydrogens (tertiary/aromatic N) is 5. The van der Waals surface area contributed by atoms with Gasteiger partial charge in [0.25, 0.3) is 5.91 Å². The van der Waals surface area contributed by atoms with Crippen molar-refractivity contribution in [2.45, 2.75) is 12.5 Å². The van der Waals surface area contributed by atoms with Crippen molar-refractivity contribution < 1.29 is 14.3 Å². The van der Waals surface area contributed by atoms with Crippen LogP contribution in [0.5, 0.6) is 17.2 Å². The van der Waals surface area contributed by atoms with Crippen LogP contribution in [0.15, 0.2) is 67.3 Å². The number of amides is 1. The summed E-state index contributed by atoms with van der Waals surface area (Å²) in [6.45, 7) is 1.20. The van der Waals surface area contributed by atoms with Crippen molar-refractivity contribution in [2.75, 3.05) is 25.4 Å². The smallest absolute Gasteiger partial charge is 0.260 e. The molecule has 1 amide bonds. The SMILES string of the molecule is Nc1ncnc2c1ncn2C1CCN(C(=O)COc2ccc(Oc3ccccc3)cc2)C1. The molecule has 32 heavy (non-hydrogen) atoms. The van der Waals surface area contributed by atoms with Crippen LogP contribution in [0.3, 0.4) is 0 Å². The molecule has 1 fully saturated rings. The highest BCUT2D eigenvalue weighted by atomic mass is 16.5. The predicted octanol–water partition coefficient (Wildman–Crippen LogP) is 3.05. The maximum Gasteiger partial charge on any atom is 0.260 e. The molecule has 1 atom stereocenters. The predicted molar refractivity (Wildman–Crippen MR) is 118 cm³/mol. The summed E-state index contributed by atoms with van der Waals surface area (Å²) < 4.78 is 13.4. The number of nitrogen functional groups attached to an aromatic ring is 1. The summed E-state index contributed by atoms with van der Waals surface area (Å²) >= 11 is 0. The fourth-order valence-corrected chi connectivity index (χ4v) is 3.80. The van der Waals surface area contributed by atoms with Crippen molar-refractivity contribution in [1.29, 1.82) is 0 Å². The zero-order chi connectivity index (χ0) is 21.9. The summed E-state index contributed by atoms with van der Waals surface area (Å²) in [4.78, 5) is 27.1. The highest BCUT2D eigenvalue weighted by Crippen LogP contribution is 2.27. The second-order valence-corrected chi connectivity index (χ2v) is 7.54. The van der Waals surface area contributed by atoms with Crippen molar-refractivity contribution in [3.05, 3.63) is 67.3 Å². The molecule has 3 heterocycles. The molecule has 1 unspecified atom stereocenters. The minimum Gasteiger partial charge on any atom is -0.484 e. The van der Waals surface area contributed by atoms with E-state index in [9.17, 15) is 4.79 Å². The number of ether oxygens (including phenoxy) is 2. The molecule has 1 aliphatic rings. The fourth-order valence-electron chi connectivity index (χ4n) is 3.80. The average Bonchev–Trinajstić information content (AvgIpc) is 3.47. The zero-order valence-corrected chi connectivity index (χ0v) is 17.3. The minimum atomic E-state index is -0.0596. The number of para-hydroxylation sites is 1. The number of fused-ring (bicyclic) bond motifs is 1. The number of hydrogen-bond donors (Lipinski definition) is 1. The van der Waals surface area contributed by atoms with Crippen LogP contribution in [0, 0.1) is 0 Å². The molecule has 5 rings (SSSR count). The molecule has 9 heteroatoms. The molecular weight excluding hydrogens is 408 g/mol. The number of imidazole rings is 1. The Hall–Kier alpha value is -4.14. The van der Waals surface area contributed by atoms with Gasteiger partial charge in [0.2, 0.25) is 0 Å². The molecule has 0 bridgehead atoms. The normalized spacial score (nSPS) is 15.8. The minimum absolute atomic E-state index is 0.0224. The first kappa shape index (κ1) is 19.8. The van der Waals surface area contributed by atoms with Crippen molar-refractivity contribution >= 4 is 22.9 Å². The van der Waals surface area contributed by atoms with Crippen molar-refractivity contribution in [3.8, 4) is 17.2 Å². The first-order valence-corrected chi connectivity index (χ1v) is 10.3. The molecular formula is C23H22N6O3. The van der Waals surface area contributed by atoms with Gasteiger partial charge in [-0.1, -0.05) is 18.2 Å². The number of rotatable bonds is 6. The monoisotopic (exact) mass is 430 g/mol. The quantitative estimate of drug-likeness (QED) is 0.501. The molecule has 1 saturated heterocycles. The molecule has 2 aromatic heterocycles. The van der Waals surface area contributed by atoms with Gasteiger partial charge in [0.15, 0.2) is 18.1 Å². The first-order chi connectivity index (χ1) is 15.7. The van der Waals surface area contributed by atoms with Crippen molar-refractivity contribution in [1.82, 2.24) is 24.4 Å². The lowest BCUT2D eigenvalue weighted by molar-refractivity contribution is -0.132. The Bertz CT molecular complexity index is 1230. The Morgan fingerprint density at radius 2 is 1.75 bits per heavy atom. The summed E-state index contributed by atoms with van der Waals surface area (Å²) in [7, 11) is 0. The zero-order valence-electron chi connectivity index (χ0n) is 17.3. The van der Waals surface area contributed by atoms with E-state index < -0.39 is 0 Å². The van der Waals surface area contributed by atoms with Crippen LogP contribution in [0.4, 0.5) is 5.82 Å². The van der Waals surface area contributed by atoms with Gasteiger partial charge in [-0.2, -0.15) is 0 Å². The highest BCUT2D eigenvalue weighted by molar-refractivity contribution is 5.81. The molecule has 2 aromatic carbocycles. The van der Waals surface area contributed by atoms with Crippen LogP contribution in [-0.4, -0.2) is 50.0 Å². The van der Waals surface area contributed by atoms with E-state index in [0.717, 1.165) is 12.2 Å². The van der Waals surface area contributed by atoms with E-state index in [1.165, 1.54) is 6.33 Å². The fraction of sp³-hybridized carbons (Fsp3) is 0.217. The molecule has 0 aliphatic carbocycles. The van der Waals surface area contributed by atoms with E-state index in [4.69, 9.17) is 15.2 Å². The number of anilines is 1. The number of nitrogens with two attached hydrogens (primary N) is 1. The number of carbonyl (C=O) groups excluding carboxylic acids is 1. The number of hydrogen-bond acceptors (Lipinski definition) is 7. The van der Waals surface area contributed by atoms with E-state index in [1.54, 1.807) is 23.4 Å². The second-order valence-electron chi connectivity index (χ2n) is 7.54. The lowest BCUT2D eigenvalue weighted by atomic mass is 10.2. The number of benzene rings is 2. The highest BCUT2D eigenvalue weighted by Gasteiger charge is 2.29. The number of carbonyl (C=O) groups is 1. The maximum absolute atomic E-state index is 12.7. The molecule has 162 valence electrons. The molecule has 4 aromatic rings. The summed E-state index contributed by atoms with van der Waals surface area (Å²) in [6, 6.07) is 16.9. The van der Waals surface area contributed by atoms with E-state index in [2.05, 4.69) is 15.0 Å². The van der Waals surface area contributed by atoms with E-state index >= 15 is 0 Å². The molecule has 0 radical (unpaired) electrons. The van der Waals surface area contributed by atoms with Gasteiger partial charge in [0, 0.05) is 13.1 Å². The summed E-state index contributed by atoms with van der Waals surface area (Å²) in [5, 5.41) is 0. The van der Waals surface area contributed by atoms with Crippen molar-refractivity contribution in [2.24, 2.45) is 0 Å². The van der Waals surface area contributed by atoms with Gasteiger partial charge in [-0.05, 0) is 42.8 Å². The summed E-state index contributed by atoms with van der Waals surface area (Å²) in [5.74, 6) is 2.38. The van der Waals surface area contributed by atoms with E-state index in [1.807, 2.05) is 47.0 Å². The van der Waals surface area contributed by atoms with Gasteiger partial charge in [0.1, 0.15) is 29.1 Å². The molecule has 1 aliphatic heterocycles. The van der Waals surface area contributed by atoms with Crippen LogP contribution in [0.1, 0.15) is 12.5 Å². The molecule has 9 nitrogen and oxygen atoms in total. The summed E-state index contributed by atoms with van der Waals surface area (Å²) in [5.41, 5.74) is 7.14. The van der Waals surface area contributed by atoms with Crippen LogP contribution < -0.4 is 15.2 Å². The third-order valence-electron chi connectivity index (χ3n) is 5.46. The second kappa shape index (κ2) is 8.54. The topological polar surface area (TPSA) is 108 Å². The van der Waals surface area contributed by atoms with E-state index in [0.29, 0.717) is 41.6 Å². The number of likely N-dealkylation sites (tertiary alicyclic amines) is 1. The lowest BCUT2D eigenvalue weighted by Crippen LogP contribution is -2.33. The van der Waals surface area contributed by atoms with Gasteiger partial charge in [-0.25, -0.2) is 15.0 Å². The van der Waals surface area contributed by atoms with Crippen LogP contribution in [-0.2, 0) is 4.79 Å². The lowest BCUT2D eigenvalue weighted by Gasteiger charge is -2.17.